The van der Waals surface area contributed by atoms with Gasteiger partial charge in [-0.25, -0.2) is 13.4 Å². The van der Waals surface area contributed by atoms with Gasteiger partial charge >= 0.3 is 0 Å². The SMILES string of the molecule is CC(C)(C)OC=O.Cc1nc(N2CCN[C@@H](C)C2)ccc1NS(=O)(=O)c1ccc(C(C)CF)cc1. The number of nitrogens with zero attached hydrogens (tertiary/aromatic N) is 2. The molecule has 1 fully saturated rings. The summed E-state index contributed by atoms with van der Waals surface area (Å²) in [7, 11) is -3.74. The number of carbonyl (C=O) groups excluding carboxylic acids is 1. The molecule has 1 aliphatic heterocycles. The first-order valence-corrected chi connectivity index (χ1v) is 13.1. The average Bonchev–Trinajstić information content (AvgIpc) is 2.79. The quantitative estimate of drug-likeness (QED) is 0.545. The number of benzene rings is 1. The summed E-state index contributed by atoms with van der Waals surface area (Å²) in [6.07, 6.45) is 0. The standard InChI is InChI=1S/C20H27FN4O2S.C5H10O2/c1-14(12-21)17-4-6-18(7-5-17)28(26,27)24-19-8-9-20(23-16(19)3)25-11-10-22-15(2)13-25;1-5(2,3)7-4-6/h4-9,14-15,22,24H,10-13H2,1-3H3;4H,1-3H3/t14?,15-;/m0./s1. The van der Waals surface area contributed by atoms with Crippen LogP contribution in [0.1, 0.15) is 51.8 Å². The lowest BCUT2D eigenvalue weighted by atomic mass is 10.0. The first kappa shape index (κ1) is 28.5. The van der Waals surface area contributed by atoms with Crippen molar-refractivity contribution in [3.05, 3.63) is 47.7 Å². The lowest BCUT2D eigenvalue weighted by molar-refractivity contribution is -0.138. The van der Waals surface area contributed by atoms with Crippen LogP contribution in [0, 0.1) is 6.92 Å². The molecule has 2 heterocycles. The third kappa shape index (κ3) is 8.78. The molecule has 194 valence electrons. The minimum atomic E-state index is -3.74. The van der Waals surface area contributed by atoms with Crippen LogP contribution in [0.2, 0.25) is 0 Å². The van der Waals surface area contributed by atoms with Crippen molar-refractivity contribution in [2.75, 3.05) is 35.9 Å². The summed E-state index contributed by atoms with van der Waals surface area (Å²) in [4.78, 5) is 16.5. The number of rotatable bonds is 7. The number of carbonyl (C=O) groups is 1. The van der Waals surface area contributed by atoms with Gasteiger partial charge in [0.2, 0.25) is 0 Å². The highest BCUT2D eigenvalue weighted by atomic mass is 32.2. The number of nitrogens with one attached hydrogen (secondary N) is 2. The Bertz CT molecular complexity index is 1070. The van der Waals surface area contributed by atoms with Gasteiger partial charge in [0.25, 0.3) is 16.5 Å². The van der Waals surface area contributed by atoms with Crippen LogP contribution in [-0.4, -0.2) is 57.8 Å². The maximum atomic E-state index is 12.8. The van der Waals surface area contributed by atoms with Crippen LogP contribution < -0.4 is 14.9 Å². The Morgan fingerprint density at radius 3 is 2.40 bits per heavy atom. The van der Waals surface area contributed by atoms with E-state index in [1.165, 1.54) is 12.1 Å². The molecular weight excluding hydrogens is 471 g/mol. The number of ether oxygens (including phenoxy) is 1. The van der Waals surface area contributed by atoms with Gasteiger partial charge in [0.1, 0.15) is 11.4 Å². The maximum Gasteiger partial charge on any atom is 0.293 e. The molecule has 0 bridgehead atoms. The van der Waals surface area contributed by atoms with E-state index >= 15 is 0 Å². The fraction of sp³-hybridized carbons (Fsp3) is 0.520. The first-order chi connectivity index (χ1) is 16.4. The molecule has 0 radical (unpaired) electrons. The van der Waals surface area contributed by atoms with Gasteiger partial charge < -0.3 is 15.0 Å². The van der Waals surface area contributed by atoms with E-state index in [0.29, 0.717) is 23.9 Å². The summed E-state index contributed by atoms with van der Waals surface area (Å²) in [5.74, 6) is 0.592. The van der Waals surface area contributed by atoms with E-state index < -0.39 is 16.7 Å². The van der Waals surface area contributed by atoms with Crippen molar-refractivity contribution in [1.82, 2.24) is 10.3 Å². The monoisotopic (exact) mass is 508 g/mol. The van der Waals surface area contributed by atoms with Crippen molar-refractivity contribution in [2.45, 2.75) is 64.0 Å². The number of hydrogen-bond acceptors (Lipinski definition) is 7. The molecule has 10 heteroatoms. The van der Waals surface area contributed by atoms with Crippen molar-refractivity contribution in [1.29, 1.82) is 0 Å². The normalized spacial score (nSPS) is 17.1. The van der Waals surface area contributed by atoms with Crippen molar-refractivity contribution in [3.8, 4) is 0 Å². The minimum Gasteiger partial charge on any atom is -0.462 e. The highest BCUT2D eigenvalue weighted by molar-refractivity contribution is 7.92. The fourth-order valence-corrected chi connectivity index (χ4v) is 4.50. The Hall–Kier alpha value is -2.72. The number of alkyl halides is 1. The molecule has 0 aliphatic carbocycles. The highest BCUT2D eigenvalue weighted by Gasteiger charge is 2.20. The summed E-state index contributed by atoms with van der Waals surface area (Å²) >= 11 is 0. The molecule has 1 aromatic carbocycles. The lowest BCUT2D eigenvalue weighted by Gasteiger charge is -2.33. The van der Waals surface area contributed by atoms with E-state index in [1.54, 1.807) is 32.0 Å². The van der Waals surface area contributed by atoms with Crippen molar-refractivity contribution < 1.29 is 22.3 Å². The molecule has 1 aromatic heterocycles. The van der Waals surface area contributed by atoms with E-state index in [9.17, 15) is 17.6 Å². The van der Waals surface area contributed by atoms with Crippen molar-refractivity contribution in [2.24, 2.45) is 0 Å². The molecule has 1 aliphatic rings. The number of pyridine rings is 1. The Balaban J connectivity index is 0.000000540. The minimum absolute atomic E-state index is 0.140. The van der Waals surface area contributed by atoms with E-state index in [-0.39, 0.29) is 16.4 Å². The fourth-order valence-electron chi connectivity index (χ4n) is 3.38. The van der Waals surface area contributed by atoms with Crippen LogP contribution in [-0.2, 0) is 19.6 Å². The number of aromatic nitrogens is 1. The lowest BCUT2D eigenvalue weighted by Crippen LogP contribution is -2.49. The van der Waals surface area contributed by atoms with Crippen LogP contribution in [0.5, 0.6) is 0 Å². The van der Waals surface area contributed by atoms with Gasteiger partial charge in [-0.15, -0.1) is 0 Å². The van der Waals surface area contributed by atoms with Gasteiger partial charge in [-0.3, -0.25) is 13.9 Å². The first-order valence-electron chi connectivity index (χ1n) is 11.6. The summed E-state index contributed by atoms with van der Waals surface area (Å²) < 4.78 is 45.3. The van der Waals surface area contributed by atoms with Crippen LogP contribution in [0.15, 0.2) is 41.3 Å². The molecule has 2 N–H and O–H groups in total. The summed E-state index contributed by atoms with van der Waals surface area (Å²) in [5.41, 5.74) is 1.53. The number of piperazine rings is 1. The second kappa shape index (κ2) is 12.3. The molecule has 1 unspecified atom stereocenters. The second-order valence-corrected chi connectivity index (χ2v) is 11.3. The average molecular weight is 509 g/mol. The summed E-state index contributed by atoms with van der Waals surface area (Å²) in [5, 5.41) is 3.39. The van der Waals surface area contributed by atoms with E-state index in [0.717, 1.165) is 31.0 Å². The third-order valence-electron chi connectivity index (χ3n) is 5.40. The van der Waals surface area contributed by atoms with Crippen LogP contribution in [0.25, 0.3) is 0 Å². The Labute approximate surface area is 208 Å². The largest absolute Gasteiger partial charge is 0.462 e. The van der Waals surface area contributed by atoms with E-state index in [2.05, 4.69) is 31.6 Å². The second-order valence-electron chi connectivity index (χ2n) is 9.66. The topological polar surface area (TPSA) is 101 Å². The number of aryl methyl sites for hydroxylation is 1. The molecule has 3 rings (SSSR count). The van der Waals surface area contributed by atoms with Gasteiger partial charge in [-0.1, -0.05) is 19.1 Å². The molecule has 0 amide bonds. The number of anilines is 2. The van der Waals surface area contributed by atoms with Crippen LogP contribution in [0.3, 0.4) is 0 Å². The smallest absolute Gasteiger partial charge is 0.293 e. The van der Waals surface area contributed by atoms with Crippen molar-refractivity contribution in [3.63, 3.8) is 0 Å². The summed E-state index contributed by atoms with van der Waals surface area (Å²) in [6, 6.07) is 10.3. The molecule has 0 spiro atoms. The van der Waals surface area contributed by atoms with Gasteiger partial charge in [0, 0.05) is 31.6 Å². The predicted molar refractivity (Wildman–Crippen MR) is 137 cm³/mol. The highest BCUT2D eigenvalue weighted by Crippen LogP contribution is 2.24. The third-order valence-corrected chi connectivity index (χ3v) is 6.78. The molecule has 2 aromatic rings. The van der Waals surface area contributed by atoms with E-state index in [4.69, 9.17) is 0 Å². The van der Waals surface area contributed by atoms with Gasteiger partial charge in [-0.2, -0.15) is 0 Å². The number of sulfonamides is 1. The molecule has 0 saturated carbocycles. The molecule has 2 atom stereocenters. The molecule has 35 heavy (non-hydrogen) atoms. The van der Waals surface area contributed by atoms with Crippen LogP contribution in [0.4, 0.5) is 15.9 Å². The zero-order valence-corrected chi connectivity index (χ0v) is 22.2. The Morgan fingerprint density at radius 2 is 1.91 bits per heavy atom. The predicted octanol–water partition coefficient (Wildman–Crippen LogP) is 4.02. The number of hydrogen-bond donors (Lipinski definition) is 2. The molecule has 1 saturated heterocycles. The molecule has 8 nitrogen and oxygen atoms in total. The Morgan fingerprint density at radius 1 is 1.26 bits per heavy atom. The van der Waals surface area contributed by atoms with Gasteiger partial charge in [0.05, 0.1) is 23.0 Å². The molecular formula is C25H37FN4O4S. The van der Waals surface area contributed by atoms with Gasteiger partial charge in [0.15, 0.2) is 0 Å². The van der Waals surface area contributed by atoms with Crippen molar-refractivity contribution >= 4 is 28.0 Å². The summed E-state index contributed by atoms with van der Waals surface area (Å²) in [6.45, 7) is 13.7. The zero-order chi connectivity index (χ0) is 26.2. The van der Waals surface area contributed by atoms with Gasteiger partial charge in [-0.05, 0) is 64.4 Å². The Kier molecular flexibility index (Phi) is 10.0. The van der Waals surface area contributed by atoms with E-state index in [1.807, 2.05) is 26.8 Å². The number of halogens is 1. The maximum absolute atomic E-state index is 12.8. The zero-order valence-electron chi connectivity index (χ0n) is 21.3. The van der Waals surface area contributed by atoms with Crippen LogP contribution >= 0.6 is 0 Å².